The third-order valence-electron chi connectivity index (χ3n) is 4.37. The van der Waals surface area contributed by atoms with E-state index < -0.39 is 36.4 Å². The smallest absolute Gasteiger partial charge is 0.354 e. The summed E-state index contributed by atoms with van der Waals surface area (Å²) in [7, 11) is 0. The van der Waals surface area contributed by atoms with Crippen molar-refractivity contribution in [1.29, 1.82) is 0 Å². The molecular formula is C17H24ClF4N3O. The Morgan fingerprint density at radius 1 is 1.27 bits per heavy atom. The Kier molecular flexibility index (Phi) is 8.79. The molecule has 2 atom stereocenters. The highest BCUT2D eigenvalue weighted by molar-refractivity contribution is 5.85. The number of hydrogen-bond acceptors (Lipinski definition) is 3. The number of benzene rings is 1. The molecule has 0 spiro atoms. The highest BCUT2D eigenvalue weighted by Crippen LogP contribution is 2.25. The predicted molar refractivity (Wildman–Crippen MR) is 93.8 cm³/mol. The zero-order valence-corrected chi connectivity index (χ0v) is 15.3. The van der Waals surface area contributed by atoms with Gasteiger partial charge in [0.05, 0.1) is 0 Å². The lowest BCUT2D eigenvalue weighted by molar-refractivity contribution is -0.184. The molecule has 2 N–H and O–H groups in total. The number of nitrogens with zero attached hydrogens (tertiary/aromatic N) is 1. The zero-order valence-electron chi connectivity index (χ0n) is 14.5. The summed E-state index contributed by atoms with van der Waals surface area (Å²) < 4.78 is 53.5. The molecule has 0 radical (unpaired) electrons. The van der Waals surface area contributed by atoms with Gasteiger partial charge in [0.2, 0.25) is 5.91 Å². The van der Waals surface area contributed by atoms with Crippen LogP contribution in [0.2, 0.25) is 0 Å². The van der Waals surface area contributed by atoms with Crippen molar-refractivity contribution in [1.82, 2.24) is 15.5 Å². The molecule has 1 aliphatic rings. The summed E-state index contributed by atoms with van der Waals surface area (Å²) in [4.78, 5) is 13.5. The summed E-state index contributed by atoms with van der Waals surface area (Å²) in [5.41, 5.74) is 0.375. The van der Waals surface area contributed by atoms with Gasteiger partial charge in [-0.15, -0.1) is 12.4 Å². The summed E-state index contributed by atoms with van der Waals surface area (Å²) in [6, 6.07) is 4.36. The van der Waals surface area contributed by atoms with Gasteiger partial charge in [0.25, 0.3) is 0 Å². The molecule has 2 rings (SSSR count). The minimum Gasteiger partial charge on any atom is -0.354 e. The van der Waals surface area contributed by atoms with E-state index in [1.165, 1.54) is 11.0 Å². The molecule has 1 aromatic carbocycles. The molecule has 9 heteroatoms. The average molecular weight is 398 g/mol. The fourth-order valence-electron chi connectivity index (χ4n) is 2.90. The van der Waals surface area contributed by atoms with E-state index >= 15 is 0 Å². The second-order valence-electron chi connectivity index (χ2n) is 6.29. The number of carbonyl (C=O) groups excluding carboxylic acids is 1. The Labute approximate surface area is 156 Å². The first-order valence-electron chi connectivity index (χ1n) is 8.31. The molecule has 26 heavy (non-hydrogen) atoms. The molecule has 0 aliphatic carbocycles. The maximum atomic E-state index is 13.6. The highest BCUT2D eigenvalue weighted by Gasteiger charge is 2.43. The fourth-order valence-corrected chi connectivity index (χ4v) is 2.90. The third kappa shape index (κ3) is 6.41. The van der Waals surface area contributed by atoms with Crippen molar-refractivity contribution in [2.75, 3.05) is 32.7 Å². The van der Waals surface area contributed by atoms with E-state index in [1.807, 2.05) is 0 Å². The molecule has 0 bridgehead atoms. The number of nitrogens with one attached hydrogen (secondary N) is 2. The Morgan fingerprint density at radius 2 is 1.88 bits per heavy atom. The first-order chi connectivity index (χ1) is 11.8. The van der Waals surface area contributed by atoms with Crippen LogP contribution in [-0.4, -0.2) is 55.7 Å². The molecule has 0 saturated carbocycles. The van der Waals surface area contributed by atoms with Crippen LogP contribution in [0.15, 0.2) is 24.3 Å². The van der Waals surface area contributed by atoms with Crippen molar-refractivity contribution in [3.05, 3.63) is 35.6 Å². The highest BCUT2D eigenvalue weighted by atomic mass is 35.5. The second kappa shape index (κ2) is 10.1. The number of rotatable bonds is 6. The summed E-state index contributed by atoms with van der Waals surface area (Å²) in [5.74, 6) is -1.54. The standard InChI is InChI=1S/C17H23F4N3O.ClH/c1-12(10-13-4-2-3-5-14(13)18)16(25)23-11-15(17(19,20)21)24-8-6-22-7-9-24;/h2-5,12,15,22H,6-11H2,1H3,(H,23,25);1H. The minimum absolute atomic E-state index is 0. The third-order valence-corrected chi connectivity index (χ3v) is 4.37. The largest absolute Gasteiger partial charge is 0.405 e. The molecule has 2 unspecified atom stereocenters. The van der Waals surface area contributed by atoms with Crippen LogP contribution >= 0.6 is 12.4 Å². The first kappa shape index (κ1) is 22.7. The van der Waals surface area contributed by atoms with Gasteiger partial charge in [0.1, 0.15) is 11.9 Å². The Morgan fingerprint density at radius 3 is 2.46 bits per heavy atom. The van der Waals surface area contributed by atoms with Crippen molar-refractivity contribution in [2.24, 2.45) is 5.92 Å². The van der Waals surface area contributed by atoms with Crippen molar-refractivity contribution < 1.29 is 22.4 Å². The number of piperazine rings is 1. The quantitative estimate of drug-likeness (QED) is 0.724. The SMILES string of the molecule is CC(Cc1ccccc1F)C(=O)NCC(N1CCNCC1)C(F)(F)F.Cl. The van der Waals surface area contributed by atoms with E-state index in [0.717, 1.165) is 0 Å². The fraction of sp³-hybridized carbons (Fsp3) is 0.588. The van der Waals surface area contributed by atoms with Crippen LogP contribution in [0.1, 0.15) is 12.5 Å². The van der Waals surface area contributed by atoms with Crippen LogP contribution in [0.4, 0.5) is 17.6 Å². The van der Waals surface area contributed by atoms with E-state index in [0.29, 0.717) is 18.7 Å². The van der Waals surface area contributed by atoms with Gasteiger partial charge in [0, 0.05) is 38.6 Å². The lowest BCUT2D eigenvalue weighted by Crippen LogP contribution is -2.57. The Hall–Kier alpha value is -1.38. The van der Waals surface area contributed by atoms with Gasteiger partial charge in [-0.05, 0) is 18.1 Å². The van der Waals surface area contributed by atoms with Crippen LogP contribution in [-0.2, 0) is 11.2 Å². The van der Waals surface area contributed by atoms with Crippen LogP contribution in [0.3, 0.4) is 0 Å². The summed E-state index contributed by atoms with van der Waals surface area (Å²) >= 11 is 0. The van der Waals surface area contributed by atoms with Crippen LogP contribution in [0.25, 0.3) is 0 Å². The number of carbonyl (C=O) groups is 1. The number of halogens is 5. The van der Waals surface area contributed by atoms with Gasteiger partial charge in [-0.25, -0.2) is 4.39 Å². The van der Waals surface area contributed by atoms with Crippen molar-refractivity contribution in [2.45, 2.75) is 25.6 Å². The monoisotopic (exact) mass is 397 g/mol. The molecule has 1 saturated heterocycles. The average Bonchev–Trinajstić information content (AvgIpc) is 2.56. The normalized spacial score (nSPS) is 17.9. The van der Waals surface area contributed by atoms with Gasteiger partial charge in [-0.3, -0.25) is 9.69 Å². The lowest BCUT2D eigenvalue weighted by atomic mass is 10.00. The Bertz CT molecular complexity index is 579. The van der Waals surface area contributed by atoms with Crippen molar-refractivity contribution in [3.63, 3.8) is 0 Å². The van der Waals surface area contributed by atoms with Gasteiger partial charge < -0.3 is 10.6 Å². The molecular weight excluding hydrogens is 374 g/mol. The number of alkyl halides is 3. The molecule has 1 heterocycles. The lowest BCUT2D eigenvalue weighted by Gasteiger charge is -2.36. The van der Waals surface area contributed by atoms with Gasteiger partial charge in [-0.1, -0.05) is 25.1 Å². The molecule has 1 aliphatic heterocycles. The van der Waals surface area contributed by atoms with Crippen LogP contribution in [0.5, 0.6) is 0 Å². The molecule has 1 aromatic rings. The second-order valence-corrected chi connectivity index (χ2v) is 6.29. The first-order valence-corrected chi connectivity index (χ1v) is 8.31. The Balaban J connectivity index is 0.00000338. The number of hydrogen-bond donors (Lipinski definition) is 2. The van der Waals surface area contributed by atoms with E-state index in [-0.39, 0.29) is 31.9 Å². The van der Waals surface area contributed by atoms with Gasteiger partial charge in [0.15, 0.2) is 0 Å². The molecule has 4 nitrogen and oxygen atoms in total. The number of amides is 1. The van der Waals surface area contributed by atoms with Crippen LogP contribution < -0.4 is 10.6 Å². The molecule has 148 valence electrons. The molecule has 1 fully saturated rings. The molecule has 1 amide bonds. The maximum Gasteiger partial charge on any atom is 0.405 e. The van der Waals surface area contributed by atoms with E-state index in [9.17, 15) is 22.4 Å². The molecule has 0 aromatic heterocycles. The van der Waals surface area contributed by atoms with Crippen molar-refractivity contribution >= 4 is 18.3 Å². The zero-order chi connectivity index (χ0) is 18.4. The van der Waals surface area contributed by atoms with E-state index in [4.69, 9.17) is 0 Å². The van der Waals surface area contributed by atoms with Gasteiger partial charge in [-0.2, -0.15) is 13.2 Å². The summed E-state index contributed by atoms with van der Waals surface area (Å²) in [6.45, 7) is 2.63. The topological polar surface area (TPSA) is 44.4 Å². The van der Waals surface area contributed by atoms with Crippen LogP contribution in [0, 0.1) is 11.7 Å². The van der Waals surface area contributed by atoms with E-state index in [2.05, 4.69) is 10.6 Å². The minimum atomic E-state index is -4.42. The predicted octanol–water partition coefficient (Wildman–Crippen LogP) is 2.38. The van der Waals surface area contributed by atoms with E-state index in [1.54, 1.807) is 25.1 Å². The van der Waals surface area contributed by atoms with Gasteiger partial charge >= 0.3 is 6.18 Å². The summed E-state index contributed by atoms with van der Waals surface area (Å²) in [5, 5.41) is 5.39. The van der Waals surface area contributed by atoms with Crippen molar-refractivity contribution in [3.8, 4) is 0 Å². The summed E-state index contributed by atoms with van der Waals surface area (Å²) in [6.07, 6.45) is -4.28. The maximum absolute atomic E-state index is 13.6.